The molecule has 1 aromatic rings. The summed E-state index contributed by atoms with van der Waals surface area (Å²) in [6.45, 7) is 3.97. The SMILES string of the molecule is O=C(NCCCN1CCCC1)c1ccc(O)c(O)c1. The number of hydrogen-bond donors (Lipinski definition) is 3. The van der Waals surface area contributed by atoms with E-state index >= 15 is 0 Å². The first-order chi connectivity index (χ1) is 9.16. The quantitative estimate of drug-likeness (QED) is 0.554. The lowest BCUT2D eigenvalue weighted by Crippen LogP contribution is -2.28. The van der Waals surface area contributed by atoms with Gasteiger partial charge < -0.3 is 20.4 Å². The number of nitrogens with zero attached hydrogens (tertiary/aromatic N) is 1. The number of amides is 1. The molecule has 0 spiro atoms. The van der Waals surface area contributed by atoms with Gasteiger partial charge in [-0.05, 0) is 57.1 Å². The molecule has 1 amide bonds. The molecular weight excluding hydrogens is 244 g/mol. The summed E-state index contributed by atoms with van der Waals surface area (Å²) >= 11 is 0. The van der Waals surface area contributed by atoms with Crippen molar-refractivity contribution in [1.82, 2.24) is 10.2 Å². The summed E-state index contributed by atoms with van der Waals surface area (Å²) in [6, 6.07) is 4.07. The van der Waals surface area contributed by atoms with E-state index in [0.717, 1.165) is 13.0 Å². The van der Waals surface area contributed by atoms with Crippen molar-refractivity contribution in [2.75, 3.05) is 26.2 Å². The average molecular weight is 264 g/mol. The van der Waals surface area contributed by atoms with E-state index < -0.39 is 0 Å². The third-order valence-corrected chi connectivity index (χ3v) is 3.37. The second-order valence-corrected chi connectivity index (χ2v) is 4.86. The number of phenolic OH excluding ortho intramolecular Hbond substituents is 2. The summed E-state index contributed by atoms with van der Waals surface area (Å²) < 4.78 is 0. The van der Waals surface area contributed by atoms with Crippen LogP contribution < -0.4 is 5.32 Å². The zero-order chi connectivity index (χ0) is 13.7. The van der Waals surface area contributed by atoms with Gasteiger partial charge in [0.2, 0.25) is 0 Å². The van der Waals surface area contributed by atoms with Crippen molar-refractivity contribution in [3.05, 3.63) is 23.8 Å². The fourth-order valence-corrected chi connectivity index (χ4v) is 2.28. The van der Waals surface area contributed by atoms with Crippen LogP contribution in [-0.2, 0) is 0 Å². The maximum atomic E-state index is 11.8. The summed E-state index contributed by atoms with van der Waals surface area (Å²) in [5.41, 5.74) is 0.358. The highest BCUT2D eigenvalue weighted by Crippen LogP contribution is 2.24. The maximum Gasteiger partial charge on any atom is 0.251 e. The van der Waals surface area contributed by atoms with Crippen molar-refractivity contribution in [1.29, 1.82) is 0 Å². The molecule has 0 aliphatic carbocycles. The Bertz CT molecular complexity index is 442. The predicted molar refractivity (Wildman–Crippen MR) is 72.4 cm³/mol. The molecule has 19 heavy (non-hydrogen) atoms. The molecular formula is C14H20N2O3. The van der Waals surface area contributed by atoms with Crippen LogP contribution >= 0.6 is 0 Å². The first kappa shape index (κ1) is 13.7. The molecule has 0 saturated carbocycles. The van der Waals surface area contributed by atoms with Crippen LogP contribution in [-0.4, -0.2) is 47.2 Å². The molecule has 1 aliphatic rings. The summed E-state index contributed by atoms with van der Waals surface area (Å²) in [5.74, 6) is -0.716. The van der Waals surface area contributed by atoms with Crippen molar-refractivity contribution < 1.29 is 15.0 Å². The molecule has 1 fully saturated rings. The van der Waals surface area contributed by atoms with Crippen LogP contribution in [0.25, 0.3) is 0 Å². The number of carbonyl (C=O) groups excluding carboxylic acids is 1. The van der Waals surface area contributed by atoms with E-state index in [1.807, 2.05) is 0 Å². The maximum absolute atomic E-state index is 11.8. The molecule has 1 aromatic carbocycles. The molecule has 3 N–H and O–H groups in total. The van der Waals surface area contributed by atoms with Gasteiger partial charge in [-0.3, -0.25) is 4.79 Å². The summed E-state index contributed by atoms with van der Waals surface area (Å²) in [6.07, 6.45) is 3.48. The Morgan fingerprint density at radius 3 is 2.63 bits per heavy atom. The third kappa shape index (κ3) is 3.86. The van der Waals surface area contributed by atoms with Crippen molar-refractivity contribution in [2.24, 2.45) is 0 Å². The molecule has 1 heterocycles. The Balaban J connectivity index is 1.72. The molecule has 5 heteroatoms. The highest BCUT2D eigenvalue weighted by molar-refractivity contribution is 5.94. The second kappa shape index (κ2) is 6.43. The number of rotatable bonds is 5. The molecule has 0 atom stereocenters. The number of benzene rings is 1. The number of nitrogens with one attached hydrogen (secondary N) is 1. The van der Waals surface area contributed by atoms with Crippen LogP contribution in [0.2, 0.25) is 0 Å². The Morgan fingerprint density at radius 2 is 1.95 bits per heavy atom. The number of likely N-dealkylation sites (tertiary alicyclic amines) is 1. The molecule has 0 radical (unpaired) electrons. The van der Waals surface area contributed by atoms with Gasteiger partial charge in [0.25, 0.3) is 5.91 Å². The molecule has 1 saturated heterocycles. The van der Waals surface area contributed by atoms with E-state index in [-0.39, 0.29) is 17.4 Å². The first-order valence-electron chi connectivity index (χ1n) is 6.69. The zero-order valence-electron chi connectivity index (χ0n) is 10.9. The first-order valence-corrected chi connectivity index (χ1v) is 6.69. The summed E-state index contributed by atoms with van der Waals surface area (Å²) in [5, 5.41) is 21.3. The van der Waals surface area contributed by atoms with Crippen molar-refractivity contribution >= 4 is 5.91 Å². The largest absolute Gasteiger partial charge is 0.504 e. The van der Waals surface area contributed by atoms with Crippen LogP contribution in [0.5, 0.6) is 11.5 Å². The van der Waals surface area contributed by atoms with E-state index in [1.165, 1.54) is 44.1 Å². The van der Waals surface area contributed by atoms with Gasteiger partial charge in [-0.15, -0.1) is 0 Å². The Kier molecular flexibility index (Phi) is 4.63. The number of hydrogen-bond acceptors (Lipinski definition) is 4. The zero-order valence-corrected chi connectivity index (χ0v) is 10.9. The lowest BCUT2D eigenvalue weighted by molar-refractivity contribution is 0.0951. The third-order valence-electron chi connectivity index (χ3n) is 3.37. The van der Waals surface area contributed by atoms with Crippen molar-refractivity contribution in [3.63, 3.8) is 0 Å². The molecule has 104 valence electrons. The van der Waals surface area contributed by atoms with Gasteiger partial charge in [-0.25, -0.2) is 0 Å². The molecule has 0 bridgehead atoms. The van der Waals surface area contributed by atoms with E-state index in [9.17, 15) is 15.0 Å². The summed E-state index contributed by atoms with van der Waals surface area (Å²) in [7, 11) is 0. The Hall–Kier alpha value is -1.75. The van der Waals surface area contributed by atoms with Gasteiger partial charge in [-0.1, -0.05) is 0 Å². The fourth-order valence-electron chi connectivity index (χ4n) is 2.28. The van der Waals surface area contributed by atoms with Gasteiger partial charge in [0, 0.05) is 12.1 Å². The van der Waals surface area contributed by atoms with E-state index in [2.05, 4.69) is 10.2 Å². The monoisotopic (exact) mass is 264 g/mol. The molecule has 1 aliphatic heterocycles. The smallest absolute Gasteiger partial charge is 0.251 e. The van der Waals surface area contributed by atoms with Crippen molar-refractivity contribution in [3.8, 4) is 11.5 Å². The lowest BCUT2D eigenvalue weighted by atomic mass is 10.2. The van der Waals surface area contributed by atoms with Crippen LogP contribution in [0, 0.1) is 0 Å². The van der Waals surface area contributed by atoms with E-state index in [0.29, 0.717) is 12.1 Å². The summed E-state index contributed by atoms with van der Waals surface area (Å²) in [4.78, 5) is 14.2. The highest BCUT2D eigenvalue weighted by atomic mass is 16.3. The number of aromatic hydroxyl groups is 2. The van der Waals surface area contributed by atoms with Crippen molar-refractivity contribution in [2.45, 2.75) is 19.3 Å². The van der Waals surface area contributed by atoms with Crippen LogP contribution in [0.15, 0.2) is 18.2 Å². The van der Waals surface area contributed by atoms with Gasteiger partial charge in [0.15, 0.2) is 11.5 Å². The topological polar surface area (TPSA) is 72.8 Å². The minimum atomic E-state index is -0.273. The predicted octanol–water partition coefficient (Wildman–Crippen LogP) is 1.31. The Morgan fingerprint density at radius 1 is 1.21 bits per heavy atom. The fraction of sp³-hybridized carbons (Fsp3) is 0.500. The lowest BCUT2D eigenvalue weighted by Gasteiger charge is -2.14. The van der Waals surface area contributed by atoms with Gasteiger partial charge in [0.1, 0.15) is 0 Å². The number of carbonyl (C=O) groups is 1. The molecule has 5 nitrogen and oxygen atoms in total. The molecule has 2 rings (SSSR count). The standard InChI is InChI=1S/C14H20N2O3/c17-12-5-4-11(10-13(12)18)14(19)15-6-3-9-16-7-1-2-8-16/h4-5,10,17-18H,1-3,6-9H2,(H,15,19). The Labute approximate surface area is 112 Å². The van der Waals surface area contributed by atoms with E-state index in [1.54, 1.807) is 0 Å². The number of phenols is 2. The van der Waals surface area contributed by atoms with Gasteiger partial charge in [0.05, 0.1) is 0 Å². The van der Waals surface area contributed by atoms with E-state index in [4.69, 9.17) is 0 Å². The van der Waals surface area contributed by atoms with Crippen LogP contribution in [0.4, 0.5) is 0 Å². The van der Waals surface area contributed by atoms with Crippen LogP contribution in [0.3, 0.4) is 0 Å². The normalized spacial score (nSPS) is 15.6. The highest BCUT2D eigenvalue weighted by Gasteiger charge is 2.11. The minimum absolute atomic E-state index is 0.217. The van der Waals surface area contributed by atoms with Crippen LogP contribution in [0.1, 0.15) is 29.6 Å². The second-order valence-electron chi connectivity index (χ2n) is 4.86. The molecule has 0 unspecified atom stereocenters. The van der Waals surface area contributed by atoms with Gasteiger partial charge in [-0.2, -0.15) is 0 Å². The molecule has 0 aromatic heterocycles. The van der Waals surface area contributed by atoms with Gasteiger partial charge >= 0.3 is 0 Å². The minimum Gasteiger partial charge on any atom is -0.504 e. The average Bonchev–Trinajstić information content (AvgIpc) is 2.91.